The summed E-state index contributed by atoms with van der Waals surface area (Å²) in [6.07, 6.45) is 5.97. The fraction of sp³-hybridized carbons (Fsp3) is 0.514. The highest BCUT2D eigenvalue weighted by molar-refractivity contribution is 5.73. The number of aliphatic carboxylic acids is 1. The third kappa shape index (κ3) is 6.09. The number of piperazine rings is 1. The number of carboxylic acid groups (broad SMARTS) is 1. The van der Waals surface area contributed by atoms with E-state index in [-0.39, 0.29) is 0 Å². The summed E-state index contributed by atoms with van der Waals surface area (Å²) < 4.78 is 0. The minimum atomic E-state index is -0.732. The summed E-state index contributed by atoms with van der Waals surface area (Å²) >= 11 is 0. The van der Waals surface area contributed by atoms with Crippen molar-refractivity contribution in [1.82, 2.24) is 19.8 Å². The normalized spacial score (nSPS) is 18.2. The molecule has 3 aromatic rings. The lowest BCUT2D eigenvalue weighted by atomic mass is 9.87. The maximum atomic E-state index is 11.9. The molecule has 0 amide bonds. The molecule has 1 fully saturated rings. The number of carboxylic acids is 1. The number of anilines is 1. The smallest absolute Gasteiger partial charge is 0.320 e. The molecule has 5 rings (SSSR count). The lowest BCUT2D eigenvalue weighted by molar-refractivity contribution is -0.143. The minimum absolute atomic E-state index is 0.368. The second-order valence-electron chi connectivity index (χ2n) is 11.9. The van der Waals surface area contributed by atoms with Crippen molar-refractivity contribution in [3.8, 4) is 11.4 Å². The van der Waals surface area contributed by atoms with Gasteiger partial charge >= 0.3 is 5.97 Å². The van der Waals surface area contributed by atoms with Gasteiger partial charge < -0.3 is 10.0 Å². The van der Waals surface area contributed by atoms with Crippen molar-refractivity contribution >= 4 is 11.8 Å². The Balaban J connectivity index is 1.53. The number of hydrogen-bond acceptors (Lipinski definition) is 6. The van der Waals surface area contributed by atoms with Gasteiger partial charge in [0.15, 0.2) is 5.82 Å². The molecule has 1 aliphatic carbocycles. The highest BCUT2D eigenvalue weighted by Crippen LogP contribution is 2.37. The number of rotatable bonds is 10. The second kappa shape index (κ2) is 13.3. The summed E-state index contributed by atoms with van der Waals surface area (Å²) in [7, 11) is 2.24. The van der Waals surface area contributed by atoms with Crippen LogP contribution in [0.15, 0.2) is 42.5 Å². The molecular weight excluding hydrogens is 522 g/mol. The van der Waals surface area contributed by atoms with Gasteiger partial charge in [-0.15, -0.1) is 0 Å². The fourth-order valence-corrected chi connectivity index (χ4v) is 7.05. The van der Waals surface area contributed by atoms with Gasteiger partial charge in [-0.1, -0.05) is 63.2 Å². The van der Waals surface area contributed by atoms with Gasteiger partial charge in [-0.25, -0.2) is 9.97 Å². The van der Waals surface area contributed by atoms with E-state index in [9.17, 15) is 9.90 Å². The van der Waals surface area contributed by atoms with Gasteiger partial charge in [0.25, 0.3) is 0 Å². The van der Waals surface area contributed by atoms with Crippen LogP contribution in [0.25, 0.3) is 11.4 Å². The molecule has 2 aromatic carbocycles. The van der Waals surface area contributed by atoms with E-state index >= 15 is 0 Å². The molecule has 1 saturated heterocycles. The first-order valence-electron chi connectivity index (χ1n) is 15.8. The first-order chi connectivity index (χ1) is 20.4. The van der Waals surface area contributed by atoms with Gasteiger partial charge in [-0.3, -0.25) is 14.6 Å². The van der Waals surface area contributed by atoms with E-state index in [2.05, 4.69) is 85.0 Å². The number of benzene rings is 2. The van der Waals surface area contributed by atoms with E-state index in [1.165, 1.54) is 39.8 Å². The average molecular weight is 570 g/mol. The van der Waals surface area contributed by atoms with Crippen molar-refractivity contribution in [1.29, 1.82) is 0 Å². The lowest BCUT2D eigenvalue weighted by Gasteiger charge is -2.39. The number of aromatic nitrogens is 2. The van der Waals surface area contributed by atoms with Gasteiger partial charge in [-0.05, 0) is 74.8 Å². The molecule has 42 heavy (non-hydrogen) atoms. The van der Waals surface area contributed by atoms with E-state index in [1.54, 1.807) is 0 Å². The zero-order valence-corrected chi connectivity index (χ0v) is 26.1. The average Bonchev–Trinajstić information content (AvgIpc) is 3.01. The molecule has 7 heteroatoms. The Morgan fingerprint density at radius 1 is 1.00 bits per heavy atom. The molecule has 1 unspecified atom stereocenters. The SMILES string of the molecule is CCc1cccc(CC)c1-c1nc(C)c(CN(C)[C@H]2CCCc3ccccc32)c(N2CCN(C(CC)C(=O)O)CC2)n1. The molecule has 2 aliphatic rings. The Morgan fingerprint density at radius 3 is 2.33 bits per heavy atom. The first kappa shape index (κ1) is 30.2. The molecule has 1 aromatic heterocycles. The van der Waals surface area contributed by atoms with Crippen LogP contribution in [0.3, 0.4) is 0 Å². The van der Waals surface area contributed by atoms with E-state index < -0.39 is 12.0 Å². The molecule has 1 aliphatic heterocycles. The van der Waals surface area contributed by atoms with Crippen LogP contribution in [0.2, 0.25) is 0 Å². The van der Waals surface area contributed by atoms with Crippen LogP contribution in [0.1, 0.15) is 79.6 Å². The van der Waals surface area contributed by atoms with Crippen LogP contribution in [0, 0.1) is 6.92 Å². The largest absolute Gasteiger partial charge is 0.480 e. The quantitative estimate of drug-likeness (QED) is 0.318. The molecule has 0 radical (unpaired) electrons. The number of nitrogens with zero attached hydrogens (tertiary/aromatic N) is 5. The summed E-state index contributed by atoms with van der Waals surface area (Å²) in [6.45, 7) is 12.2. The van der Waals surface area contributed by atoms with Gasteiger partial charge in [0, 0.05) is 55.6 Å². The molecule has 0 bridgehead atoms. The predicted molar refractivity (Wildman–Crippen MR) is 170 cm³/mol. The zero-order valence-electron chi connectivity index (χ0n) is 26.1. The molecule has 2 heterocycles. The number of fused-ring (bicyclic) bond motifs is 1. The third-order valence-corrected chi connectivity index (χ3v) is 9.42. The van der Waals surface area contributed by atoms with Crippen molar-refractivity contribution in [2.75, 3.05) is 38.1 Å². The summed E-state index contributed by atoms with van der Waals surface area (Å²) in [5.74, 6) is 1.08. The monoisotopic (exact) mass is 569 g/mol. The predicted octanol–water partition coefficient (Wildman–Crippen LogP) is 6.07. The van der Waals surface area contributed by atoms with Crippen LogP contribution in [-0.2, 0) is 30.6 Å². The number of hydrogen-bond donors (Lipinski definition) is 1. The maximum absolute atomic E-state index is 11.9. The van der Waals surface area contributed by atoms with Crippen molar-refractivity contribution in [3.63, 3.8) is 0 Å². The zero-order chi connectivity index (χ0) is 29.8. The van der Waals surface area contributed by atoms with Crippen LogP contribution in [-0.4, -0.2) is 70.1 Å². The van der Waals surface area contributed by atoms with Gasteiger partial charge in [0.05, 0.1) is 0 Å². The van der Waals surface area contributed by atoms with Crippen LogP contribution in [0.5, 0.6) is 0 Å². The topological polar surface area (TPSA) is 72.8 Å². The standard InChI is InChI=1S/C35H47N5O2/c1-6-25-14-11-15-26(7-2)32(25)33-36-24(4)29(23-38(5)31-18-12-16-27-13-9-10-17-28(27)31)34(37-33)40-21-19-39(20-22-40)30(8-3)35(41)42/h9-11,13-15,17,30-31H,6-8,12,16,18-23H2,1-5H3,(H,41,42)/t30?,31-/m0/s1. The lowest BCUT2D eigenvalue weighted by Crippen LogP contribution is -2.53. The van der Waals surface area contributed by atoms with E-state index in [4.69, 9.17) is 9.97 Å². The molecule has 2 atom stereocenters. The Kier molecular flexibility index (Phi) is 9.59. The van der Waals surface area contributed by atoms with Crippen LogP contribution in [0.4, 0.5) is 5.82 Å². The van der Waals surface area contributed by atoms with E-state index in [0.29, 0.717) is 25.6 Å². The van der Waals surface area contributed by atoms with Crippen molar-refractivity contribution < 1.29 is 9.90 Å². The third-order valence-electron chi connectivity index (χ3n) is 9.42. The first-order valence-corrected chi connectivity index (χ1v) is 15.8. The number of aryl methyl sites for hydroxylation is 4. The molecule has 1 N–H and O–H groups in total. The van der Waals surface area contributed by atoms with Crippen molar-refractivity contribution in [2.45, 2.75) is 84.8 Å². The van der Waals surface area contributed by atoms with Gasteiger partial charge in [0.2, 0.25) is 0 Å². The fourth-order valence-electron chi connectivity index (χ4n) is 7.05. The Morgan fingerprint density at radius 2 is 1.69 bits per heavy atom. The second-order valence-corrected chi connectivity index (χ2v) is 11.9. The molecule has 0 saturated carbocycles. The highest BCUT2D eigenvalue weighted by atomic mass is 16.4. The number of carbonyl (C=O) groups is 1. The summed E-state index contributed by atoms with van der Waals surface area (Å²) in [5, 5.41) is 9.76. The summed E-state index contributed by atoms with van der Waals surface area (Å²) in [6, 6.07) is 15.4. The van der Waals surface area contributed by atoms with Crippen LogP contribution >= 0.6 is 0 Å². The molecular formula is C35H47N5O2. The van der Waals surface area contributed by atoms with Gasteiger partial charge in [0.1, 0.15) is 11.9 Å². The Labute approximate surface area is 251 Å². The molecule has 224 valence electrons. The molecule has 7 nitrogen and oxygen atoms in total. The minimum Gasteiger partial charge on any atom is -0.480 e. The van der Waals surface area contributed by atoms with Crippen molar-refractivity contribution in [2.24, 2.45) is 0 Å². The van der Waals surface area contributed by atoms with Crippen LogP contribution < -0.4 is 4.90 Å². The van der Waals surface area contributed by atoms with Crippen molar-refractivity contribution in [3.05, 3.63) is 76.0 Å². The van der Waals surface area contributed by atoms with Gasteiger partial charge in [-0.2, -0.15) is 0 Å². The van der Waals surface area contributed by atoms with E-state index in [0.717, 1.165) is 62.7 Å². The van der Waals surface area contributed by atoms with E-state index in [1.807, 2.05) is 6.92 Å². The Hall–Kier alpha value is -3.29. The highest BCUT2D eigenvalue weighted by Gasteiger charge is 2.31. The summed E-state index contributed by atoms with van der Waals surface area (Å²) in [4.78, 5) is 29.4. The maximum Gasteiger partial charge on any atom is 0.320 e. The summed E-state index contributed by atoms with van der Waals surface area (Å²) in [5.41, 5.74) is 8.84. The molecule has 0 spiro atoms. The Bertz CT molecular complexity index is 1380.